The Balaban J connectivity index is 2.35. The number of halogens is 1. The number of hydrogen-bond acceptors (Lipinski definition) is 5. The van der Waals surface area contributed by atoms with Crippen LogP contribution in [0.2, 0.25) is 5.15 Å². The number of carboxylic acid groups (broad SMARTS) is 1. The van der Waals surface area contributed by atoms with E-state index in [1.54, 1.807) is 6.92 Å². The number of nitrogens with one attached hydrogen (secondary N) is 1. The van der Waals surface area contributed by atoms with Gasteiger partial charge in [-0.1, -0.05) is 16.8 Å². The lowest BCUT2D eigenvalue weighted by atomic mass is 10.1. The molecule has 0 amide bonds. The topological polar surface area (TPSA) is 88.3 Å². The van der Waals surface area contributed by atoms with Crippen molar-refractivity contribution in [1.29, 1.82) is 0 Å². The Hall–Kier alpha value is -2.08. The van der Waals surface area contributed by atoms with Gasteiger partial charge in [0.1, 0.15) is 22.3 Å². The molecule has 106 valence electrons. The largest absolute Gasteiger partial charge is 0.478 e. The molecule has 20 heavy (non-hydrogen) atoms. The highest BCUT2D eigenvalue weighted by Crippen LogP contribution is 2.26. The SMILES string of the molecule is Cc1noc(C)c1C(C)Nc1nc(Cl)ccc1C(=O)O. The van der Waals surface area contributed by atoms with Crippen molar-refractivity contribution < 1.29 is 14.4 Å². The molecule has 0 aromatic carbocycles. The highest BCUT2D eigenvalue weighted by molar-refractivity contribution is 6.29. The fourth-order valence-corrected chi connectivity index (χ4v) is 2.25. The standard InChI is InChI=1S/C13H14ClN3O3/c1-6(11-7(2)17-20-8(11)3)15-12-9(13(18)19)4-5-10(14)16-12/h4-6H,1-3H3,(H,15,16)(H,18,19). The first-order valence-electron chi connectivity index (χ1n) is 5.99. The number of aryl methyl sites for hydroxylation is 2. The second-order valence-electron chi connectivity index (χ2n) is 4.44. The van der Waals surface area contributed by atoms with E-state index >= 15 is 0 Å². The van der Waals surface area contributed by atoms with Gasteiger partial charge in [0.2, 0.25) is 0 Å². The number of carbonyl (C=O) groups is 1. The summed E-state index contributed by atoms with van der Waals surface area (Å²) in [5.41, 5.74) is 1.69. The second kappa shape index (κ2) is 5.50. The summed E-state index contributed by atoms with van der Waals surface area (Å²) in [5, 5.41) is 16.3. The smallest absolute Gasteiger partial charge is 0.339 e. The number of rotatable bonds is 4. The predicted molar refractivity (Wildman–Crippen MR) is 74.2 cm³/mol. The van der Waals surface area contributed by atoms with E-state index < -0.39 is 5.97 Å². The zero-order valence-corrected chi connectivity index (χ0v) is 12.0. The maximum atomic E-state index is 11.2. The van der Waals surface area contributed by atoms with Crippen molar-refractivity contribution in [3.8, 4) is 0 Å². The lowest BCUT2D eigenvalue weighted by Crippen LogP contribution is -2.13. The van der Waals surface area contributed by atoms with Gasteiger partial charge in [0.05, 0.1) is 11.7 Å². The summed E-state index contributed by atoms with van der Waals surface area (Å²) in [6, 6.07) is 2.65. The van der Waals surface area contributed by atoms with Crippen LogP contribution in [0, 0.1) is 13.8 Å². The van der Waals surface area contributed by atoms with Crippen LogP contribution in [0.25, 0.3) is 0 Å². The molecule has 2 heterocycles. The van der Waals surface area contributed by atoms with Crippen LogP contribution in [0.3, 0.4) is 0 Å². The van der Waals surface area contributed by atoms with E-state index in [1.807, 2.05) is 13.8 Å². The van der Waals surface area contributed by atoms with Crippen LogP contribution in [-0.4, -0.2) is 21.2 Å². The molecule has 0 aliphatic rings. The molecule has 0 saturated heterocycles. The zero-order valence-electron chi connectivity index (χ0n) is 11.3. The highest BCUT2D eigenvalue weighted by atomic mass is 35.5. The summed E-state index contributed by atoms with van der Waals surface area (Å²) in [5.74, 6) is -0.165. The molecule has 2 aromatic rings. The average molecular weight is 296 g/mol. The van der Waals surface area contributed by atoms with Crippen molar-refractivity contribution in [2.45, 2.75) is 26.8 Å². The van der Waals surface area contributed by atoms with E-state index in [0.29, 0.717) is 5.76 Å². The third-order valence-electron chi connectivity index (χ3n) is 2.97. The number of aromatic nitrogens is 2. The summed E-state index contributed by atoms with van der Waals surface area (Å²) >= 11 is 5.82. The normalized spacial score (nSPS) is 12.2. The van der Waals surface area contributed by atoms with Gasteiger partial charge in [-0.25, -0.2) is 9.78 Å². The van der Waals surface area contributed by atoms with Gasteiger partial charge < -0.3 is 14.9 Å². The van der Waals surface area contributed by atoms with Gasteiger partial charge in [0, 0.05) is 5.56 Å². The summed E-state index contributed by atoms with van der Waals surface area (Å²) in [4.78, 5) is 15.2. The Labute approximate surface area is 120 Å². The Morgan fingerprint density at radius 3 is 2.70 bits per heavy atom. The van der Waals surface area contributed by atoms with E-state index in [-0.39, 0.29) is 22.6 Å². The van der Waals surface area contributed by atoms with E-state index in [2.05, 4.69) is 15.5 Å². The third-order valence-corrected chi connectivity index (χ3v) is 3.18. The Bertz CT molecular complexity index is 635. The molecule has 0 bridgehead atoms. The van der Waals surface area contributed by atoms with Crippen LogP contribution in [-0.2, 0) is 0 Å². The summed E-state index contributed by atoms with van der Waals surface area (Å²) < 4.78 is 5.10. The summed E-state index contributed by atoms with van der Waals surface area (Å²) in [7, 11) is 0. The van der Waals surface area contributed by atoms with Crippen molar-refractivity contribution in [2.75, 3.05) is 5.32 Å². The molecule has 0 saturated carbocycles. The third kappa shape index (κ3) is 2.75. The van der Waals surface area contributed by atoms with Gasteiger partial charge in [-0.15, -0.1) is 0 Å². The van der Waals surface area contributed by atoms with Crippen LogP contribution in [0.1, 0.15) is 40.3 Å². The summed E-state index contributed by atoms with van der Waals surface area (Å²) in [6.07, 6.45) is 0. The highest BCUT2D eigenvalue weighted by Gasteiger charge is 2.19. The monoisotopic (exact) mass is 295 g/mol. The molecular formula is C13H14ClN3O3. The molecule has 1 atom stereocenters. The second-order valence-corrected chi connectivity index (χ2v) is 4.83. The van der Waals surface area contributed by atoms with Gasteiger partial charge in [-0.2, -0.15) is 0 Å². The van der Waals surface area contributed by atoms with E-state index in [4.69, 9.17) is 21.2 Å². The molecule has 6 nitrogen and oxygen atoms in total. The lowest BCUT2D eigenvalue weighted by Gasteiger charge is -2.16. The van der Waals surface area contributed by atoms with Gasteiger partial charge >= 0.3 is 5.97 Å². The van der Waals surface area contributed by atoms with Crippen molar-refractivity contribution in [3.63, 3.8) is 0 Å². The molecule has 0 radical (unpaired) electrons. The molecule has 2 aromatic heterocycles. The Morgan fingerprint density at radius 2 is 2.15 bits per heavy atom. The summed E-state index contributed by atoms with van der Waals surface area (Å²) in [6.45, 7) is 5.51. The number of anilines is 1. The number of aromatic carboxylic acids is 1. The molecule has 0 aliphatic carbocycles. The Morgan fingerprint density at radius 1 is 1.45 bits per heavy atom. The zero-order chi connectivity index (χ0) is 14.9. The molecule has 1 unspecified atom stereocenters. The maximum absolute atomic E-state index is 11.2. The van der Waals surface area contributed by atoms with Crippen LogP contribution < -0.4 is 5.32 Å². The number of hydrogen-bond donors (Lipinski definition) is 2. The van der Waals surface area contributed by atoms with Crippen LogP contribution in [0.4, 0.5) is 5.82 Å². The average Bonchev–Trinajstić information content (AvgIpc) is 2.68. The van der Waals surface area contributed by atoms with Gasteiger partial charge in [0.15, 0.2) is 0 Å². The van der Waals surface area contributed by atoms with E-state index in [0.717, 1.165) is 11.3 Å². The van der Waals surface area contributed by atoms with Gasteiger partial charge in [0.25, 0.3) is 0 Å². The van der Waals surface area contributed by atoms with Crippen LogP contribution in [0.15, 0.2) is 16.7 Å². The lowest BCUT2D eigenvalue weighted by molar-refractivity contribution is 0.0697. The van der Waals surface area contributed by atoms with Crippen LogP contribution >= 0.6 is 11.6 Å². The predicted octanol–water partition coefficient (Wildman–Crippen LogP) is 3.21. The molecule has 2 N–H and O–H groups in total. The van der Waals surface area contributed by atoms with Crippen molar-refractivity contribution in [3.05, 3.63) is 39.9 Å². The first-order valence-corrected chi connectivity index (χ1v) is 6.37. The van der Waals surface area contributed by atoms with E-state index in [9.17, 15) is 4.79 Å². The van der Waals surface area contributed by atoms with Gasteiger partial charge in [-0.05, 0) is 32.9 Å². The van der Waals surface area contributed by atoms with Crippen molar-refractivity contribution in [2.24, 2.45) is 0 Å². The Kier molecular flexibility index (Phi) is 3.94. The minimum absolute atomic E-state index is 0.0630. The van der Waals surface area contributed by atoms with Crippen molar-refractivity contribution >= 4 is 23.4 Å². The first kappa shape index (κ1) is 14.3. The number of carboxylic acids is 1. The number of pyridine rings is 1. The molecule has 0 aliphatic heterocycles. The van der Waals surface area contributed by atoms with Gasteiger partial charge in [-0.3, -0.25) is 0 Å². The first-order chi connectivity index (χ1) is 9.40. The van der Waals surface area contributed by atoms with E-state index in [1.165, 1.54) is 12.1 Å². The molecule has 0 spiro atoms. The molecule has 0 fully saturated rings. The number of nitrogens with zero attached hydrogens (tertiary/aromatic N) is 2. The molecular weight excluding hydrogens is 282 g/mol. The molecule has 7 heteroatoms. The quantitative estimate of drug-likeness (QED) is 0.842. The van der Waals surface area contributed by atoms with Crippen molar-refractivity contribution in [1.82, 2.24) is 10.1 Å². The minimum atomic E-state index is -1.07. The molecule has 2 rings (SSSR count). The maximum Gasteiger partial charge on any atom is 0.339 e. The fourth-order valence-electron chi connectivity index (χ4n) is 2.10. The minimum Gasteiger partial charge on any atom is -0.478 e. The van der Waals surface area contributed by atoms with Crippen LogP contribution in [0.5, 0.6) is 0 Å². The fraction of sp³-hybridized carbons (Fsp3) is 0.308.